The highest BCUT2D eigenvalue weighted by Crippen LogP contribution is 2.20. The van der Waals surface area contributed by atoms with E-state index in [2.05, 4.69) is 5.32 Å². The first-order chi connectivity index (χ1) is 9.88. The van der Waals surface area contributed by atoms with Gasteiger partial charge in [0.2, 0.25) is 5.82 Å². The first-order valence-corrected chi connectivity index (χ1v) is 5.90. The fourth-order valence-corrected chi connectivity index (χ4v) is 1.72. The van der Waals surface area contributed by atoms with Gasteiger partial charge in [0.25, 0.3) is 5.91 Å². The molecule has 0 aliphatic carbocycles. The molecule has 0 atom stereocenters. The van der Waals surface area contributed by atoms with Crippen LogP contribution in [0.1, 0.15) is 15.9 Å². The van der Waals surface area contributed by atoms with Gasteiger partial charge in [-0.15, -0.1) is 0 Å². The van der Waals surface area contributed by atoms with Crippen LogP contribution in [0.15, 0.2) is 36.4 Å². The summed E-state index contributed by atoms with van der Waals surface area (Å²) in [5.41, 5.74) is 0.0705. The average Bonchev–Trinajstić information content (AvgIpc) is 2.42. The standard InChI is InChI=1S/C14H10F2N2O3/c1-8-2-4-10(15)7-12(8)17-14(19)9-3-5-13(18(20)21)11(16)6-9/h2-7H,1H3,(H,17,19). The number of benzene rings is 2. The summed E-state index contributed by atoms with van der Waals surface area (Å²) in [5, 5.41) is 12.9. The Morgan fingerprint density at radius 2 is 1.90 bits per heavy atom. The molecular weight excluding hydrogens is 282 g/mol. The first kappa shape index (κ1) is 14.6. The molecule has 0 heterocycles. The van der Waals surface area contributed by atoms with Crippen molar-refractivity contribution in [3.8, 4) is 0 Å². The zero-order valence-electron chi connectivity index (χ0n) is 10.9. The molecule has 1 N–H and O–H groups in total. The SMILES string of the molecule is Cc1ccc(F)cc1NC(=O)c1ccc([N+](=O)[O-])c(F)c1. The van der Waals surface area contributed by atoms with Gasteiger partial charge < -0.3 is 5.32 Å². The number of nitrogens with zero attached hydrogens (tertiary/aromatic N) is 1. The van der Waals surface area contributed by atoms with Gasteiger partial charge in [-0.1, -0.05) is 6.07 Å². The van der Waals surface area contributed by atoms with E-state index in [-0.39, 0.29) is 11.3 Å². The highest BCUT2D eigenvalue weighted by Gasteiger charge is 2.17. The lowest BCUT2D eigenvalue weighted by Crippen LogP contribution is -2.13. The Morgan fingerprint density at radius 1 is 1.19 bits per heavy atom. The van der Waals surface area contributed by atoms with Crippen LogP contribution in [0.25, 0.3) is 0 Å². The Hall–Kier alpha value is -2.83. The maximum absolute atomic E-state index is 13.5. The van der Waals surface area contributed by atoms with Crippen LogP contribution in [0.2, 0.25) is 0 Å². The molecule has 2 rings (SSSR count). The van der Waals surface area contributed by atoms with E-state index in [1.165, 1.54) is 12.1 Å². The number of halogens is 2. The third-order valence-corrected chi connectivity index (χ3v) is 2.85. The van der Waals surface area contributed by atoms with Crippen LogP contribution in [0.5, 0.6) is 0 Å². The normalized spacial score (nSPS) is 10.2. The molecular formula is C14H10F2N2O3. The Bertz CT molecular complexity index is 732. The second kappa shape index (κ2) is 5.66. The van der Waals surface area contributed by atoms with Crippen molar-refractivity contribution in [3.05, 3.63) is 69.3 Å². The van der Waals surface area contributed by atoms with E-state index in [4.69, 9.17) is 0 Å². The summed E-state index contributed by atoms with van der Waals surface area (Å²) in [6.45, 7) is 1.67. The van der Waals surface area contributed by atoms with Crippen LogP contribution in [-0.4, -0.2) is 10.8 Å². The van der Waals surface area contributed by atoms with Gasteiger partial charge in [-0.05, 0) is 36.8 Å². The lowest BCUT2D eigenvalue weighted by atomic mass is 10.1. The molecule has 21 heavy (non-hydrogen) atoms. The van der Waals surface area contributed by atoms with E-state index in [0.717, 1.165) is 24.3 Å². The Labute approximate surface area is 118 Å². The van der Waals surface area contributed by atoms with Gasteiger partial charge in [-0.25, -0.2) is 4.39 Å². The van der Waals surface area contributed by atoms with E-state index >= 15 is 0 Å². The van der Waals surface area contributed by atoms with Crippen molar-refractivity contribution < 1.29 is 18.5 Å². The quantitative estimate of drug-likeness (QED) is 0.695. The molecule has 0 bridgehead atoms. The largest absolute Gasteiger partial charge is 0.322 e. The van der Waals surface area contributed by atoms with Crippen molar-refractivity contribution in [2.75, 3.05) is 5.32 Å². The number of nitro benzene ring substituents is 1. The fourth-order valence-electron chi connectivity index (χ4n) is 1.72. The highest BCUT2D eigenvalue weighted by molar-refractivity contribution is 6.04. The van der Waals surface area contributed by atoms with E-state index in [1.54, 1.807) is 6.92 Å². The smallest absolute Gasteiger partial charge is 0.304 e. The van der Waals surface area contributed by atoms with Crippen molar-refractivity contribution in [2.24, 2.45) is 0 Å². The Kier molecular flexibility index (Phi) is 3.93. The second-order valence-electron chi connectivity index (χ2n) is 4.34. The monoisotopic (exact) mass is 292 g/mol. The van der Waals surface area contributed by atoms with Crippen LogP contribution in [-0.2, 0) is 0 Å². The molecule has 5 nitrogen and oxygen atoms in total. The zero-order valence-corrected chi connectivity index (χ0v) is 10.9. The van der Waals surface area contributed by atoms with Crippen molar-refractivity contribution >= 4 is 17.3 Å². The number of nitro groups is 1. The number of nitrogens with one attached hydrogen (secondary N) is 1. The van der Waals surface area contributed by atoms with Gasteiger partial charge in [-0.2, -0.15) is 4.39 Å². The summed E-state index contributed by atoms with van der Waals surface area (Å²) >= 11 is 0. The molecule has 108 valence electrons. The lowest BCUT2D eigenvalue weighted by molar-refractivity contribution is -0.387. The maximum Gasteiger partial charge on any atom is 0.304 e. The van der Waals surface area contributed by atoms with Crippen LogP contribution in [0, 0.1) is 28.7 Å². The summed E-state index contributed by atoms with van der Waals surface area (Å²) in [6, 6.07) is 6.67. The Morgan fingerprint density at radius 3 is 2.52 bits per heavy atom. The molecule has 0 fully saturated rings. The summed E-state index contributed by atoms with van der Waals surface area (Å²) in [7, 11) is 0. The number of carbonyl (C=O) groups excluding carboxylic acids is 1. The number of carbonyl (C=O) groups is 1. The molecule has 0 saturated carbocycles. The van der Waals surface area contributed by atoms with Gasteiger partial charge in [0.05, 0.1) is 4.92 Å². The average molecular weight is 292 g/mol. The summed E-state index contributed by atoms with van der Waals surface area (Å²) in [6.07, 6.45) is 0. The van der Waals surface area contributed by atoms with E-state index in [9.17, 15) is 23.7 Å². The minimum Gasteiger partial charge on any atom is -0.322 e. The molecule has 0 aliphatic rings. The number of amides is 1. The Balaban J connectivity index is 2.26. The molecule has 0 spiro atoms. The lowest BCUT2D eigenvalue weighted by Gasteiger charge is -2.08. The summed E-state index contributed by atoms with van der Waals surface area (Å²) < 4.78 is 26.6. The predicted octanol–water partition coefficient (Wildman–Crippen LogP) is 3.43. The van der Waals surface area contributed by atoms with Gasteiger partial charge in [0.1, 0.15) is 5.82 Å². The van der Waals surface area contributed by atoms with Gasteiger partial charge in [-0.3, -0.25) is 14.9 Å². The zero-order chi connectivity index (χ0) is 15.6. The van der Waals surface area contributed by atoms with E-state index < -0.39 is 28.2 Å². The van der Waals surface area contributed by atoms with Crippen LogP contribution < -0.4 is 5.32 Å². The summed E-state index contributed by atoms with van der Waals surface area (Å²) in [4.78, 5) is 21.6. The molecule has 2 aromatic carbocycles. The predicted molar refractivity (Wildman–Crippen MR) is 72.1 cm³/mol. The third kappa shape index (κ3) is 3.19. The third-order valence-electron chi connectivity index (χ3n) is 2.85. The minimum atomic E-state index is -1.11. The molecule has 0 saturated heterocycles. The van der Waals surface area contributed by atoms with Crippen LogP contribution in [0.3, 0.4) is 0 Å². The molecule has 1 amide bonds. The second-order valence-corrected chi connectivity index (χ2v) is 4.34. The van der Waals surface area contributed by atoms with E-state index in [1.807, 2.05) is 0 Å². The van der Waals surface area contributed by atoms with Crippen molar-refractivity contribution in [3.63, 3.8) is 0 Å². The molecule has 0 radical (unpaired) electrons. The van der Waals surface area contributed by atoms with Crippen LogP contribution in [0.4, 0.5) is 20.2 Å². The molecule has 0 aliphatic heterocycles. The first-order valence-electron chi connectivity index (χ1n) is 5.90. The van der Waals surface area contributed by atoms with Gasteiger partial charge in [0.15, 0.2) is 0 Å². The molecule has 0 aromatic heterocycles. The highest BCUT2D eigenvalue weighted by atomic mass is 19.1. The van der Waals surface area contributed by atoms with Crippen molar-refractivity contribution in [1.82, 2.24) is 0 Å². The number of rotatable bonds is 3. The number of anilines is 1. The fraction of sp³-hybridized carbons (Fsp3) is 0.0714. The molecule has 2 aromatic rings. The van der Waals surface area contributed by atoms with E-state index in [0.29, 0.717) is 5.56 Å². The summed E-state index contributed by atoms with van der Waals surface area (Å²) in [5.74, 6) is -2.31. The van der Waals surface area contributed by atoms with Gasteiger partial charge in [0, 0.05) is 17.3 Å². The van der Waals surface area contributed by atoms with Crippen LogP contribution >= 0.6 is 0 Å². The van der Waals surface area contributed by atoms with Crippen molar-refractivity contribution in [2.45, 2.75) is 6.92 Å². The topological polar surface area (TPSA) is 72.2 Å². The molecule has 7 heteroatoms. The number of hydrogen-bond acceptors (Lipinski definition) is 3. The maximum atomic E-state index is 13.5. The number of aryl methyl sites for hydroxylation is 1. The van der Waals surface area contributed by atoms with Gasteiger partial charge >= 0.3 is 5.69 Å². The number of hydrogen-bond donors (Lipinski definition) is 1. The van der Waals surface area contributed by atoms with Crippen molar-refractivity contribution in [1.29, 1.82) is 0 Å². The molecule has 0 unspecified atom stereocenters. The minimum absolute atomic E-state index is 0.0956.